The largest absolute Gasteiger partial charge is 0.449 e. The van der Waals surface area contributed by atoms with Gasteiger partial charge in [-0.15, -0.1) is 0 Å². The first-order chi connectivity index (χ1) is 12.4. The zero-order valence-corrected chi connectivity index (χ0v) is 14.5. The lowest BCUT2D eigenvalue weighted by atomic mass is 9.83. The Hall–Kier alpha value is -2.05. The molecule has 26 heavy (non-hydrogen) atoms. The summed E-state index contributed by atoms with van der Waals surface area (Å²) in [7, 11) is 0. The Morgan fingerprint density at radius 1 is 1.12 bits per heavy atom. The van der Waals surface area contributed by atoms with Crippen molar-refractivity contribution in [1.82, 2.24) is 14.5 Å². The number of piperidine rings is 1. The number of carbonyl (C=O) groups excluding carboxylic acids is 1. The van der Waals surface area contributed by atoms with Crippen LogP contribution in [0.4, 0.5) is 13.2 Å². The molecule has 1 aromatic carbocycles. The fourth-order valence-corrected chi connectivity index (χ4v) is 3.98. The van der Waals surface area contributed by atoms with Crippen LogP contribution in [0.15, 0.2) is 24.3 Å². The minimum atomic E-state index is -4.47. The third kappa shape index (κ3) is 3.19. The summed E-state index contributed by atoms with van der Waals surface area (Å²) in [5, 5.41) is 0. The predicted molar refractivity (Wildman–Crippen MR) is 91.4 cm³/mol. The molecule has 4 nitrogen and oxygen atoms in total. The number of amides is 1. The van der Waals surface area contributed by atoms with E-state index in [4.69, 9.17) is 0 Å². The second-order valence-electron chi connectivity index (χ2n) is 7.43. The number of halogens is 3. The summed E-state index contributed by atoms with van der Waals surface area (Å²) in [6.45, 7) is 1.59. The van der Waals surface area contributed by atoms with Gasteiger partial charge in [0.25, 0.3) is 0 Å². The van der Waals surface area contributed by atoms with Gasteiger partial charge in [0.15, 0.2) is 0 Å². The van der Waals surface area contributed by atoms with Gasteiger partial charge in [-0.1, -0.05) is 18.6 Å². The molecule has 0 spiro atoms. The monoisotopic (exact) mass is 365 g/mol. The first kappa shape index (κ1) is 17.4. The number of carbonyl (C=O) groups is 1. The van der Waals surface area contributed by atoms with Crippen LogP contribution in [0.2, 0.25) is 0 Å². The molecule has 0 unspecified atom stereocenters. The topological polar surface area (TPSA) is 38.1 Å². The molecule has 1 aliphatic heterocycles. The van der Waals surface area contributed by atoms with Crippen LogP contribution in [0, 0.1) is 11.8 Å². The number of hydrogen-bond donors (Lipinski definition) is 0. The molecule has 0 N–H and O–H groups in total. The first-order valence-corrected chi connectivity index (χ1v) is 9.25. The molecule has 140 valence electrons. The zero-order chi connectivity index (χ0) is 18.3. The maximum atomic E-state index is 13.4. The van der Waals surface area contributed by atoms with Gasteiger partial charge in [0.2, 0.25) is 11.7 Å². The van der Waals surface area contributed by atoms with Gasteiger partial charge in [-0.25, -0.2) is 4.98 Å². The van der Waals surface area contributed by atoms with Crippen molar-refractivity contribution >= 4 is 16.9 Å². The van der Waals surface area contributed by atoms with Crippen LogP contribution in [-0.4, -0.2) is 33.4 Å². The van der Waals surface area contributed by atoms with E-state index in [0.29, 0.717) is 30.7 Å². The predicted octanol–water partition coefficient (Wildman–Crippen LogP) is 4.09. The highest BCUT2D eigenvalue weighted by molar-refractivity contribution is 5.79. The quantitative estimate of drug-likeness (QED) is 0.822. The first-order valence-electron chi connectivity index (χ1n) is 9.25. The number of benzene rings is 1. The normalized spacial score (nSPS) is 19.7. The third-order valence-electron chi connectivity index (χ3n) is 5.73. The van der Waals surface area contributed by atoms with E-state index in [2.05, 4.69) is 4.98 Å². The number of fused-ring (bicyclic) bond motifs is 1. The highest BCUT2D eigenvalue weighted by atomic mass is 19.4. The van der Waals surface area contributed by atoms with E-state index in [1.807, 2.05) is 4.90 Å². The van der Waals surface area contributed by atoms with E-state index in [-0.39, 0.29) is 17.7 Å². The van der Waals surface area contributed by atoms with E-state index in [0.717, 1.165) is 32.1 Å². The van der Waals surface area contributed by atoms with Crippen molar-refractivity contribution in [3.05, 3.63) is 30.1 Å². The lowest BCUT2D eigenvalue weighted by molar-refractivity contribution is -0.147. The van der Waals surface area contributed by atoms with Crippen LogP contribution >= 0.6 is 0 Å². The molecule has 0 atom stereocenters. The second-order valence-corrected chi connectivity index (χ2v) is 7.43. The van der Waals surface area contributed by atoms with Crippen LogP contribution in [-0.2, 0) is 17.5 Å². The molecule has 4 rings (SSSR count). The molecule has 1 saturated carbocycles. The Labute approximate surface area is 150 Å². The van der Waals surface area contributed by atoms with Gasteiger partial charge in [0.1, 0.15) is 0 Å². The highest BCUT2D eigenvalue weighted by Gasteiger charge is 2.38. The number of para-hydroxylation sites is 2. The van der Waals surface area contributed by atoms with Crippen molar-refractivity contribution in [3.63, 3.8) is 0 Å². The van der Waals surface area contributed by atoms with Crippen molar-refractivity contribution in [2.45, 2.75) is 44.8 Å². The number of hydrogen-bond acceptors (Lipinski definition) is 2. The fourth-order valence-electron chi connectivity index (χ4n) is 3.98. The van der Waals surface area contributed by atoms with E-state index in [1.54, 1.807) is 24.3 Å². The molecule has 2 aromatic rings. The molecule has 2 heterocycles. The molecule has 2 aliphatic rings. The summed E-state index contributed by atoms with van der Waals surface area (Å²) in [5.41, 5.74) is 0.894. The number of rotatable bonds is 3. The van der Waals surface area contributed by atoms with Gasteiger partial charge in [-0.3, -0.25) is 4.79 Å². The number of imidazole rings is 1. The Morgan fingerprint density at radius 2 is 1.81 bits per heavy atom. The Kier molecular flexibility index (Phi) is 4.40. The summed E-state index contributed by atoms with van der Waals surface area (Å²) in [6, 6.07) is 6.73. The molecule has 1 saturated heterocycles. The van der Waals surface area contributed by atoms with Crippen molar-refractivity contribution in [2.75, 3.05) is 13.1 Å². The zero-order valence-electron chi connectivity index (χ0n) is 14.5. The lowest BCUT2D eigenvalue weighted by Gasteiger charge is -2.36. The van der Waals surface area contributed by atoms with Crippen LogP contribution in [0.3, 0.4) is 0 Å². The maximum Gasteiger partial charge on any atom is 0.449 e. The summed E-state index contributed by atoms with van der Waals surface area (Å²) in [4.78, 5) is 18.0. The molecule has 1 aromatic heterocycles. The average molecular weight is 365 g/mol. The fraction of sp³-hybridized carbons (Fsp3) is 0.579. The molecule has 0 radical (unpaired) electrons. The van der Waals surface area contributed by atoms with Crippen molar-refractivity contribution < 1.29 is 18.0 Å². The molecular formula is C19H22F3N3O. The van der Waals surface area contributed by atoms with E-state index >= 15 is 0 Å². The van der Waals surface area contributed by atoms with E-state index < -0.39 is 12.0 Å². The van der Waals surface area contributed by atoms with Crippen molar-refractivity contribution in [1.29, 1.82) is 0 Å². The summed E-state index contributed by atoms with van der Waals surface area (Å²) in [5.74, 6) is -0.287. The molecule has 1 aliphatic carbocycles. The van der Waals surface area contributed by atoms with E-state index in [1.165, 1.54) is 4.57 Å². The Morgan fingerprint density at radius 3 is 2.42 bits per heavy atom. The lowest BCUT2D eigenvalue weighted by Crippen LogP contribution is -2.44. The SMILES string of the molecule is O=C(C1CCC1)N1CCC(Cn2c(C(F)(F)F)nc3ccccc32)CC1. The molecule has 0 bridgehead atoms. The summed E-state index contributed by atoms with van der Waals surface area (Å²) >= 11 is 0. The Bertz CT molecular complexity index is 802. The third-order valence-corrected chi connectivity index (χ3v) is 5.73. The summed E-state index contributed by atoms with van der Waals surface area (Å²) < 4.78 is 41.5. The number of likely N-dealkylation sites (tertiary alicyclic amines) is 1. The minimum Gasteiger partial charge on any atom is -0.342 e. The van der Waals surface area contributed by atoms with Gasteiger partial charge in [0.05, 0.1) is 11.0 Å². The molecular weight excluding hydrogens is 343 g/mol. The second kappa shape index (κ2) is 6.59. The van der Waals surface area contributed by atoms with Gasteiger partial charge < -0.3 is 9.47 Å². The smallest absolute Gasteiger partial charge is 0.342 e. The molecule has 1 amide bonds. The summed E-state index contributed by atoms with van der Waals surface area (Å²) in [6.07, 6.45) is 0.0920. The maximum absolute atomic E-state index is 13.4. The van der Waals surface area contributed by atoms with Gasteiger partial charge in [-0.2, -0.15) is 13.2 Å². The highest BCUT2D eigenvalue weighted by Crippen LogP contribution is 2.34. The van der Waals surface area contributed by atoms with Crippen LogP contribution in [0.1, 0.15) is 37.9 Å². The van der Waals surface area contributed by atoms with Crippen LogP contribution in [0.5, 0.6) is 0 Å². The standard InChI is InChI=1S/C19H22F3N3O/c20-19(21,22)18-23-15-6-1-2-7-16(15)25(18)12-13-8-10-24(11-9-13)17(26)14-4-3-5-14/h1-2,6-7,13-14H,3-5,8-12H2. The average Bonchev–Trinajstić information content (AvgIpc) is 2.93. The van der Waals surface area contributed by atoms with Crippen molar-refractivity contribution in [2.24, 2.45) is 11.8 Å². The van der Waals surface area contributed by atoms with Crippen LogP contribution < -0.4 is 0 Å². The van der Waals surface area contributed by atoms with Crippen molar-refractivity contribution in [3.8, 4) is 0 Å². The molecule has 2 fully saturated rings. The van der Waals surface area contributed by atoms with E-state index in [9.17, 15) is 18.0 Å². The van der Waals surface area contributed by atoms with Crippen LogP contribution in [0.25, 0.3) is 11.0 Å². The van der Waals surface area contributed by atoms with Gasteiger partial charge in [-0.05, 0) is 43.7 Å². The van der Waals surface area contributed by atoms with Gasteiger partial charge >= 0.3 is 6.18 Å². The molecule has 7 heteroatoms. The number of aromatic nitrogens is 2. The van der Waals surface area contributed by atoms with Gasteiger partial charge in [0, 0.05) is 25.6 Å². The number of alkyl halides is 3. The Balaban J connectivity index is 1.49. The number of nitrogens with zero attached hydrogens (tertiary/aromatic N) is 3. The minimum absolute atomic E-state index is 0.124.